The van der Waals surface area contributed by atoms with E-state index in [9.17, 15) is 13.2 Å². The van der Waals surface area contributed by atoms with Crippen molar-refractivity contribution in [2.45, 2.75) is 17.2 Å². The lowest BCUT2D eigenvalue weighted by Gasteiger charge is -2.05. The van der Waals surface area contributed by atoms with E-state index >= 15 is 0 Å². The maximum Gasteiger partial charge on any atom is 0.345 e. The quantitative estimate of drug-likeness (QED) is 0.700. The molecule has 1 aromatic rings. The normalized spacial score (nSPS) is 13.6. The lowest BCUT2D eigenvalue weighted by atomic mass is 10.4. The van der Waals surface area contributed by atoms with Gasteiger partial charge >= 0.3 is 5.97 Å². The molecular weight excluding hydrogens is 254 g/mol. The molecule has 8 heteroatoms. The molecule has 1 aromatic heterocycles. The Morgan fingerprint density at radius 2 is 2.19 bits per heavy atom. The van der Waals surface area contributed by atoms with Crippen LogP contribution in [0.4, 0.5) is 0 Å². The highest BCUT2D eigenvalue weighted by molar-refractivity contribution is 7.91. The predicted octanol–water partition coefficient (Wildman–Crippen LogP) is 0.105. The third-order valence-corrected chi connectivity index (χ3v) is 4.61. The molecule has 0 aliphatic heterocycles. The molecule has 90 valence electrons. The summed E-state index contributed by atoms with van der Waals surface area (Å²) in [6, 6.07) is 2.45. The predicted molar refractivity (Wildman–Crippen MR) is 58.1 cm³/mol. The van der Waals surface area contributed by atoms with Crippen molar-refractivity contribution in [3.8, 4) is 0 Å². The van der Waals surface area contributed by atoms with E-state index in [0.717, 1.165) is 0 Å². The van der Waals surface area contributed by atoms with Crippen molar-refractivity contribution in [1.82, 2.24) is 4.72 Å². The number of hydrogen-bond acceptors (Lipinski definition) is 5. The van der Waals surface area contributed by atoms with Gasteiger partial charge in [0.25, 0.3) is 0 Å². The first-order chi connectivity index (χ1) is 7.33. The zero-order valence-corrected chi connectivity index (χ0v) is 10.0. The monoisotopic (exact) mass is 265 g/mol. The molecule has 3 N–H and O–H groups in total. The summed E-state index contributed by atoms with van der Waals surface area (Å²) in [5.41, 5.74) is 0. The SMILES string of the molecule is C[C@H](O)CNS(=O)(=O)c1ccc(C(=O)O)s1. The Kier molecular flexibility index (Phi) is 4.03. The molecule has 1 rings (SSSR count). The van der Waals surface area contributed by atoms with E-state index in [4.69, 9.17) is 10.2 Å². The van der Waals surface area contributed by atoms with Gasteiger partial charge in [0.2, 0.25) is 10.0 Å². The first kappa shape index (κ1) is 13.1. The number of rotatable bonds is 5. The van der Waals surface area contributed by atoms with Crippen molar-refractivity contribution >= 4 is 27.3 Å². The van der Waals surface area contributed by atoms with Crippen LogP contribution in [0.15, 0.2) is 16.3 Å². The number of carbonyl (C=O) groups is 1. The average Bonchev–Trinajstić information content (AvgIpc) is 2.64. The van der Waals surface area contributed by atoms with Crippen molar-refractivity contribution in [1.29, 1.82) is 0 Å². The fraction of sp³-hybridized carbons (Fsp3) is 0.375. The molecule has 1 heterocycles. The van der Waals surface area contributed by atoms with E-state index in [0.29, 0.717) is 11.3 Å². The minimum atomic E-state index is -3.72. The van der Waals surface area contributed by atoms with Crippen LogP contribution in [0.3, 0.4) is 0 Å². The summed E-state index contributed by atoms with van der Waals surface area (Å²) < 4.78 is 25.2. The molecule has 0 saturated carbocycles. The second-order valence-corrected chi connectivity index (χ2v) is 6.20. The van der Waals surface area contributed by atoms with E-state index in [1.54, 1.807) is 0 Å². The number of sulfonamides is 1. The molecule has 0 unspecified atom stereocenters. The van der Waals surface area contributed by atoms with Gasteiger partial charge in [0.05, 0.1) is 6.10 Å². The van der Waals surface area contributed by atoms with Crippen LogP contribution in [-0.2, 0) is 10.0 Å². The summed E-state index contributed by atoms with van der Waals surface area (Å²) in [6.07, 6.45) is -0.798. The number of aliphatic hydroxyl groups is 1. The summed E-state index contributed by atoms with van der Waals surface area (Å²) in [5.74, 6) is -1.16. The van der Waals surface area contributed by atoms with Gasteiger partial charge in [-0.25, -0.2) is 17.9 Å². The van der Waals surface area contributed by atoms with Gasteiger partial charge in [0.1, 0.15) is 9.09 Å². The second kappa shape index (κ2) is 4.91. The van der Waals surface area contributed by atoms with Crippen molar-refractivity contribution in [2.24, 2.45) is 0 Å². The Labute approximate surface area is 96.6 Å². The summed E-state index contributed by atoms with van der Waals surface area (Å²) >= 11 is 0.668. The number of aromatic carboxylic acids is 1. The second-order valence-electron chi connectivity index (χ2n) is 3.12. The molecule has 16 heavy (non-hydrogen) atoms. The molecule has 0 saturated heterocycles. The van der Waals surface area contributed by atoms with Crippen LogP contribution in [0, 0.1) is 0 Å². The smallest absolute Gasteiger partial charge is 0.345 e. The van der Waals surface area contributed by atoms with E-state index in [-0.39, 0.29) is 15.6 Å². The number of carboxylic acid groups (broad SMARTS) is 1. The Balaban J connectivity index is 2.86. The van der Waals surface area contributed by atoms with Crippen molar-refractivity contribution in [2.75, 3.05) is 6.54 Å². The molecule has 0 amide bonds. The minimum absolute atomic E-state index is 0.0441. The molecule has 0 spiro atoms. The molecule has 6 nitrogen and oxygen atoms in total. The van der Waals surface area contributed by atoms with Crippen molar-refractivity contribution in [3.63, 3.8) is 0 Å². The molecule has 0 fully saturated rings. The van der Waals surface area contributed by atoms with Gasteiger partial charge in [-0.1, -0.05) is 0 Å². The zero-order valence-electron chi connectivity index (χ0n) is 8.37. The Morgan fingerprint density at radius 1 is 1.56 bits per heavy atom. The first-order valence-electron chi connectivity index (χ1n) is 4.34. The van der Waals surface area contributed by atoms with Gasteiger partial charge in [-0.2, -0.15) is 0 Å². The standard InChI is InChI=1S/C8H11NO5S2/c1-5(10)4-9-16(13,14)7-3-2-6(15-7)8(11)12/h2-3,5,9-10H,4H2,1H3,(H,11,12)/t5-/m0/s1. The van der Waals surface area contributed by atoms with Crippen LogP contribution >= 0.6 is 11.3 Å². The Bertz CT molecular complexity index is 476. The van der Waals surface area contributed by atoms with Crippen LogP contribution in [0.5, 0.6) is 0 Å². The van der Waals surface area contributed by atoms with Crippen molar-refractivity contribution < 1.29 is 23.4 Å². The van der Waals surface area contributed by atoms with Crippen LogP contribution in [0.25, 0.3) is 0 Å². The fourth-order valence-corrected chi connectivity index (χ4v) is 3.19. The molecule has 0 aliphatic carbocycles. The van der Waals surface area contributed by atoms with Crippen LogP contribution in [0.2, 0.25) is 0 Å². The lowest BCUT2D eigenvalue weighted by molar-refractivity contribution is 0.0702. The first-order valence-corrected chi connectivity index (χ1v) is 6.64. The van der Waals surface area contributed by atoms with Gasteiger partial charge in [-0.3, -0.25) is 0 Å². The summed E-state index contributed by atoms with van der Waals surface area (Å²) in [4.78, 5) is 10.5. The Morgan fingerprint density at radius 3 is 2.62 bits per heavy atom. The van der Waals surface area contributed by atoms with Gasteiger partial charge < -0.3 is 10.2 Å². The minimum Gasteiger partial charge on any atom is -0.477 e. The molecule has 0 bridgehead atoms. The highest BCUT2D eigenvalue weighted by atomic mass is 32.2. The van der Waals surface area contributed by atoms with Gasteiger partial charge in [0.15, 0.2) is 0 Å². The summed E-state index contributed by atoms with van der Waals surface area (Å²) in [7, 11) is -3.72. The van der Waals surface area contributed by atoms with Crippen LogP contribution in [-0.4, -0.2) is 37.2 Å². The van der Waals surface area contributed by atoms with E-state index in [2.05, 4.69) is 4.72 Å². The summed E-state index contributed by atoms with van der Waals surface area (Å²) in [6.45, 7) is 1.34. The van der Waals surface area contributed by atoms with Crippen LogP contribution < -0.4 is 4.72 Å². The van der Waals surface area contributed by atoms with Crippen molar-refractivity contribution in [3.05, 3.63) is 17.0 Å². The number of thiophene rings is 1. The van der Waals surface area contributed by atoms with E-state index in [1.165, 1.54) is 19.1 Å². The fourth-order valence-electron chi connectivity index (χ4n) is 0.881. The van der Waals surface area contributed by atoms with Gasteiger partial charge in [-0.05, 0) is 19.1 Å². The lowest BCUT2D eigenvalue weighted by Crippen LogP contribution is -2.30. The molecule has 0 aromatic carbocycles. The Hall–Kier alpha value is -0.960. The molecule has 1 atom stereocenters. The highest BCUT2D eigenvalue weighted by Gasteiger charge is 2.18. The number of hydrogen-bond donors (Lipinski definition) is 3. The maximum absolute atomic E-state index is 11.6. The third kappa shape index (κ3) is 3.27. The zero-order chi connectivity index (χ0) is 12.3. The maximum atomic E-state index is 11.6. The van der Waals surface area contributed by atoms with Gasteiger partial charge in [0, 0.05) is 6.54 Å². The summed E-state index contributed by atoms with van der Waals surface area (Å²) in [5, 5.41) is 17.6. The molecule has 0 aliphatic rings. The topological polar surface area (TPSA) is 104 Å². The van der Waals surface area contributed by atoms with E-state index < -0.39 is 22.1 Å². The number of nitrogens with one attached hydrogen (secondary N) is 1. The largest absolute Gasteiger partial charge is 0.477 e. The van der Waals surface area contributed by atoms with Gasteiger partial charge in [-0.15, -0.1) is 11.3 Å². The molecule has 0 radical (unpaired) electrons. The van der Waals surface area contributed by atoms with E-state index in [1.807, 2.05) is 0 Å². The number of aliphatic hydroxyl groups excluding tert-OH is 1. The third-order valence-electron chi connectivity index (χ3n) is 1.63. The van der Waals surface area contributed by atoms with Crippen LogP contribution in [0.1, 0.15) is 16.6 Å². The highest BCUT2D eigenvalue weighted by Crippen LogP contribution is 2.21. The molecular formula is C8H11NO5S2. The number of carboxylic acids is 1. The average molecular weight is 265 g/mol.